The van der Waals surface area contributed by atoms with E-state index in [1.807, 2.05) is 0 Å². The van der Waals surface area contributed by atoms with Gasteiger partial charge in [0.2, 0.25) is 5.82 Å². The van der Waals surface area contributed by atoms with Crippen LogP contribution in [0.15, 0.2) is 12.1 Å². The number of nitro groups is 1. The van der Waals surface area contributed by atoms with Gasteiger partial charge < -0.3 is 10.4 Å². The average Bonchev–Trinajstić information content (AvgIpc) is 2.33. The number of sulfone groups is 1. The van der Waals surface area contributed by atoms with Crippen molar-refractivity contribution in [3.05, 3.63) is 27.9 Å². The van der Waals surface area contributed by atoms with Crippen LogP contribution < -0.4 is 5.32 Å². The number of nitrogens with zero attached hydrogens (tertiary/aromatic N) is 2. The van der Waals surface area contributed by atoms with E-state index in [0.29, 0.717) is 0 Å². The van der Waals surface area contributed by atoms with E-state index in [1.165, 1.54) is 0 Å². The van der Waals surface area contributed by atoms with Gasteiger partial charge in [-0.15, -0.1) is 0 Å². The molecule has 0 aromatic carbocycles. The Kier molecular flexibility index (Phi) is 4.97. The molecule has 0 aliphatic heterocycles. The van der Waals surface area contributed by atoms with E-state index in [9.17, 15) is 23.3 Å². The monoisotopic (exact) mass is 303 g/mol. The maximum atomic E-state index is 10.9. The van der Waals surface area contributed by atoms with Gasteiger partial charge in [0, 0.05) is 18.9 Å². The maximum absolute atomic E-state index is 10.9. The lowest BCUT2D eigenvalue weighted by molar-refractivity contribution is -0.384. The smallest absolute Gasteiger partial charge is 0.354 e. The van der Waals surface area contributed by atoms with Crippen LogP contribution in [0.25, 0.3) is 0 Å². The molecule has 1 aromatic rings. The Balaban J connectivity index is 2.83. The highest BCUT2D eigenvalue weighted by molar-refractivity contribution is 7.90. The summed E-state index contributed by atoms with van der Waals surface area (Å²) in [5, 5.41) is 22.1. The molecule has 1 heterocycles. The lowest BCUT2D eigenvalue weighted by atomic mass is 10.3. The van der Waals surface area contributed by atoms with E-state index in [1.54, 1.807) is 0 Å². The number of nitrogens with one attached hydrogen (secondary N) is 1. The molecule has 9 nitrogen and oxygen atoms in total. The fourth-order valence-electron chi connectivity index (χ4n) is 1.39. The van der Waals surface area contributed by atoms with E-state index >= 15 is 0 Å². The normalized spacial score (nSPS) is 11.1. The summed E-state index contributed by atoms with van der Waals surface area (Å²) >= 11 is 0. The van der Waals surface area contributed by atoms with Gasteiger partial charge in [-0.1, -0.05) is 0 Å². The van der Waals surface area contributed by atoms with Gasteiger partial charge in [0.15, 0.2) is 5.69 Å². The molecule has 0 amide bonds. The first-order chi connectivity index (χ1) is 9.20. The SMILES string of the molecule is CS(=O)(=O)CCCNc1nc(C(=O)O)ccc1[N+](=O)[O-]. The maximum Gasteiger partial charge on any atom is 0.354 e. The molecule has 10 heteroatoms. The van der Waals surface area contributed by atoms with Crippen LogP contribution in [0, 0.1) is 10.1 Å². The van der Waals surface area contributed by atoms with Crippen molar-refractivity contribution >= 4 is 27.3 Å². The largest absolute Gasteiger partial charge is 0.477 e. The van der Waals surface area contributed by atoms with Gasteiger partial charge in [0.25, 0.3) is 0 Å². The van der Waals surface area contributed by atoms with Gasteiger partial charge in [-0.25, -0.2) is 18.2 Å². The lowest BCUT2D eigenvalue weighted by Crippen LogP contribution is -2.13. The molecule has 0 unspecified atom stereocenters. The molecule has 0 aliphatic carbocycles. The van der Waals surface area contributed by atoms with Crippen LogP contribution in [0.3, 0.4) is 0 Å². The minimum Gasteiger partial charge on any atom is -0.477 e. The fraction of sp³-hybridized carbons (Fsp3) is 0.400. The third kappa shape index (κ3) is 4.80. The van der Waals surface area contributed by atoms with Crippen molar-refractivity contribution in [3.63, 3.8) is 0 Å². The summed E-state index contributed by atoms with van der Waals surface area (Å²) in [6.45, 7) is 0.129. The quantitative estimate of drug-likeness (QED) is 0.422. The number of carboxylic acids is 1. The van der Waals surface area contributed by atoms with E-state index in [0.717, 1.165) is 18.4 Å². The summed E-state index contributed by atoms with van der Waals surface area (Å²) in [6, 6.07) is 2.07. The van der Waals surface area contributed by atoms with Gasteiger partial charge in [-0.2, -0.15) is 0 Å². The number of hydrogen-bond acceptors (Lipinski definition) is 7. The van der Waals surface area contributed by atoms with Gasteiger partial charge in [-0.3, -0.25) is 10.1 Å². The predicted octanol–water partition coefficient (Wildman–Crippen LogP) is 0.535. The molecule has 1 rings (SSSR count). The number of anilines is 1. The minimum absolute atomic E-state index is 0.0770. The van der Waals surface area contributed by atoms with Crippen LogP contribution in [0.2, 0.25) is 0 Å². The Morgan fingerprint density at radius 3 is 2.65 bits per heavy atom. The van der Waals surface area contributed by atoms with Crippen LogP contribution in [-0.2, 0) is 9.84 Å². The molecule has 110 valence electrons. The van der Waals surface area contributed by atoms with Crippen molar-refractivity contribution in [1.82, 2.24) is 4.98 Å². The summed E-state index contributed by atoms with van der Waals surface area (Å²) < 4.78 is 21.9. The highest BCUT2D eigenvalue weighted by Crippen LogP contribution is 2.22. The molecule has 0 saturated heterocycles. The van der Waals surface area contributed by atoms with E-state index in [4.69, 9.17) is 5.11 Å². The van der Waals surface area contributed by atoms with Gasteiger partial charge in [0.1, 0.15) is 9.84 Å². The van der Waals surface area contributed by atoms with Crippen LogP contribution in [0.5, 0.6) is 0 Å². The number of rotatable bonds is 7. The Morgan fingerprint density at radius 1 is 1.50 bits per heavy atom. The van der Waals surface area contributed by atoms with Crippen LogP contribution in [-0.4, -0.2) is 48.0 Å². The molecule has 2 N–H and O–H groups in total. The van der Waals surface area contributed by atoms with Crippen LogP contribution in [0.1, 0.15) is 16.9 Å². The molecule has 0 saturated carbocycles. The highest BCUT2D eigenvalue weighted by Gasteiger charge is 2.18. The number of carbonyl (C=O) groups is 1. The molecular formula is C10H13N3O6S. The molecular weight excluding hydrogens is 290 g/mol. The summed E-state index contributed by atoms with van der Waals surface area (Å²) in [7, 11) is -3.12. The average molecular weight is 303 g/mol. The molecule has 0 spiro atoms. The van der Waals surface area contributed by atoms with Crippen molar-refractivity contribution in [2.24, 2.45) is 0 Å². The van der Waals surface area contributed by atoms with E-state index in [-0.39, 0.29) is 35.9 Å². The van der Waals surface area contributed by atoms with E-state index < -0.39 is 20.7 Å². The predicted molar refractivity (Wildman–Crippen MR) is 70.7 cm³/mol. The Morgan fingerprint density at radius 2 is 2.15 bits per heavy atom. The molecule has 1 aromatic heterocycles. The fourth-order valence-corrected chi connectivity index (χ4v) is 2.06. The second kappa shape index (κ2) is 6.28. The Bertz CT molecular complexity index is 628. The topological polar surface area (TPSA) is 140 Å². The lowest BCUT2D eigenvalue weighted by Gasteiger charge is -2.06. The summed E-state index contributed by atoms with van der Waals surface area (Å²) in [6.07, 6.45) is 1.31. The number of carboxylic acid groups (broad SMARTS) is 1. The van der Waals surface area contributed by atoms with Crippen molar-refractivity contribution in [3.8, 4) is 0 Å². The zero-order valence-electron chi connectivity index (χ0n) is 10.6. The van der Waals surface area contributed by atoms with E-state index in [2.05, 4.69) is 10.3 Å². The molecule has 0 radical (unpaired) electrons. The standard InChI is InChI=1S/C10H13N3O6S/c1-20(18,19)6-2-5-11-9-8(13(16)17)4-3-7(12-9)10(14)15/h3-4H,2,5-6H2,1H3,(H,11,12)(H,14,15). The highest BCUT2D eigenvalue weighted by atomic mass is 32.2. The van der Waals surface area contributed by atoms with Crippen LogP contribution in [0.4, 0.5) is 11.5 Å². The summed E-state index contributed by atoms with van der Waals surface area (Å²) in [5.74, 6) is -1.57. The first kappa shape index (κ1) is 15.8. The second-order valence-corrected chi connectivity index (χ2v) is 6.30. The zero-order valence-corrected chi connectivity index (χ0v) is 11.4. The number of pyridine rings is 1. The van der Waals surface area contributed by atoms with Crippen LogP contribution >= 0.6 is 0 Å². The van der Waals surface area contributed by atoms with Gasteiger partial charge >= 0.3 is 11.7 Å². The Labute approximate surface area is 114 Å². The minimum atomic E-state index is -3.12. The van der Waals surface area contributed by atoms with Crippen molar-refractivity contribution in [2.45, 2.75) is 6.42 Å². The third-order valence-corrected chi connectivity index (χ3v) is 3.30. The molecule has 0 bridgehead atoms. The van der Waals surface area contributed by atoms with Gasteiger partial charge in [-0.05, 0) is 12.5 Å². The van der Waals surface area contributed by atoms with Crippen molar-refractivity contribution in [2.75, 3.05) is 23.9 Å². The summed E-state index contributed by atoms with van der Waals surface area (Å²) in [4.78, 5) is 24.5. The molecule has 0 aliphatic rings. The Hall–Kier alpha value is -2.23. The van der Waals surface area contributed by atoms with Crippen molar-refractivity contribution in [1.29, 1.82) is 0 Å². The molecule has 0 fully saturated rings. The first-order valence-corrected chi connectivity index (χ1v) is 7.57. The van der Waals surface area contributed by atoms with Crippen molar-refractivity contribution < 1.29 is 23.2 Å². The third-order valence-electron chi connectivity index (χ3n) is 2.27. The summed E-state index contributed by atoms with van der Waals surface area (Å²) in [5.41, 5.74) is -0.699. The second-order valence-electron chi connectivity index (χ2n) is 4.04. The van der Waals surface area contributed by atoms with Gasteiger partial charge in [0.05, 0.1) is 10.7 Å². The zero-order chi connectivity index (χ0) is 15.3. The molecule has 20 heavy (non-hydrogen) atoms. The number of hydrogen-bond donors (Lipinski definition) is 2. The first-order valence-electron chi connectivity index (χ1n) is 5.51. The molecule has 0 atom stereocenters. The number of aromatic carboxylic acids is 1. The number of aromatic nitrogens is 1.